The van der Waals surface area contributed by atoms with Gasteiger partial charge in [0, 0.05) is 23.7 Å². The maximum Gasteiger partial charge on any atom is 0.251 e. The van der Waals surface area contributed by atoms with Gasteiger partial charge >= 0.3 is 0 Å². The fraction of sp³-hybridized carbons (Fsp3) is 0.222. The average Bonchev–Trinajstić information content (AvgIpc) is 2.96. The number of hydrogen-bond donors (Lipinski definition) is 1. The van der Waals surface area contributed by atoms with Crippen LogP contribution < -0.4 is 5.32 Å². The van der Waals surface area contributed by atoms with E-state index in [-0.39, 0.29) is 5.91 Å². The molecule has 2 aromatic carbocycles. The first-order chi connectivity index (χ1) is 11.7. The first-order valence-electron chi connectivity index (χ1n) is 7.66. The summed E-state index contributed by atoms with van der Waals surface area (Å²) in [6.07, 6.45) is 0. The van der Waals surface area contributed by atoms with E-state index in [1.807, 2.05) is 36.4 Å². The van der Waals surface area contributed by atoms with E-state index in [1.54, 1.807) is 19.2 Å². The lowest BCUT2D eigenvalue weighted by Crippen LogP contribution is -2.25. The second kappa shape index (κ2) is 7.59. The van der Waals surface area contributed by atoms with E-state index < -0.39 is 0 Å². The quantitative estimate of drug-likeness (QED) is 0.705. The number of para-hydroxylation sites is 2. The molecule has 0 aliphatic carbocycles. The SMILES string of the molecule is COCCn1c(CNC(=O)c2ccc(Br)cc2)nc2ccccc21. The Morgan fingerprint density at radius 2 is 1.96 bits per heavy atom. The lowest BCUT2D eigenvalue weighted by atomic mass is 10.2. The highest BCUT2D eigenvalue weighted by Crippen LogP contribution is 2.16. The number of imidazole rings is 1. The highest BCUT2D eigenvalue weighted by molar-refractivity contribution is 9.10. The number of halogens is 1. The van der Waals surface area contributed by atoms with E-state index in [2.05, 4.69) is 30.8 Å². The lowest BCUT2D eigenvalue weighted by molar-refractivity contribution is 0.0949. The first kappa shape index (κ1) is 16.7. The minimum Gasteiger partial charge on any atom is -0.383 e. The Labute approximate surface area is 148 Å². The molecule has 1 amide bonds. The van der Waals surface area contributed by atoms with E-state index in [1.165, 1.54) is 0 Å². The lowest BCUT2D eigenvalue weighted by Gasteiger charge is -2.10. The number of fused-ring (bicyclic) bond motifs is 1. The van der Waals surface area contributed by atoms with Crippen LogP contribution in [0, 0.1) is 0 Å². The van der Waals surface area contributed by atoms with Crippen molar-refractivity contribution in [3.63, 3.8) is 0 Å². The monoisotopic (exact) mass is 387 g/mol. The van der Waals surface area contributed by atoms with Crippen molar-refractivity contribution in [2.45, 2.75) is 13.1 Å². The zero-order chi connectivity index (χ0) is 16.9. The van der Waals surface area contributed by atoms with Crippen molar-refractivity contribution >= 4 is 32.9 Å². The van der Waals surface area contributed by atoms with Crippen molar-refractivity contribution in [2.75, 3.05) is 13.7 Å². The molecule has 0 saturated heterocycles. The molecule has 1 N–H and O–H groups in total. The highest BCUT2D eigenvalue weighted by Gasteiger charge is 2.12. The maximum atomic E-state index is 12.3. The van der Waals surface area contributed by atoms with Crippen molar-refractivity contribution in [1.29, 1.82) is 0 Å². The number of hydrogen-bond acceptors (Lipinski definition) is 3. The van der Waals surface area contributed by atoms with Gasteiger partial charge in [-0.1, -0.05) is 28.1 Å². The Kier molecular flexibility index (Phi) is 5.27. The van der Waals surface area contributed by atoms with E-state index in [0.29, 0.717) is 25.3 Å². The number of carbonyl (C=O) groups is 1. The summed E-state index contributed by atoms with van der Waals surface area (Å²) in [6.45, 7) is 1.65. The molecule has 3 aromatic rings. The highest BCUT2D eigenvalue weighted by atomic mass is 79.9. The standard InChI is InChI=1S/C18H18BrN3O2/c1-24-11-10-22-16-5-3-2-4-15(16)21-17(22)12-20-18(23)13-6-8-14(19)9-7-13/h2-9H,10-12H2,1H3,(H,20,23). The van der Waals surface area contributed by atoms with Gasteiger partial charge in [0.2, 0.25) is 0 Å². The number of nitrogens with zero attached hydrogens (tertiary/aromatic N) is 2. The van der Waals surface area contributed by atoms with Gasteiger partial charge in [-0.15, -0.1) is 0 Å². The van der Waals surface area contributed by atoms with Gasteiger partial charge in [0.25, 0.3) is 5.91 Å². The molecule has 0 bridgehead atoms. The van der Waals surface area contributed by atoms with E-state index in [4.69, 9.17) is 4.74 Å². The van der Waals surface area contributed by atoms with E-state index in [0.717, 1.165) is 21.3 Å². The third-order valence-electron chi connectivity index (χ3n) is 3.77. The normalized spacial score (nSPS) is 10.9. The number of methoxy groups -OCH3 is 1. The molecule has 0 fully saturated rings. The van der Waals surface area contributed by atoms with Crippen LogP contribution in [-0.4, -0.2) is 29.2 Å². The molecular formula is C18H18BrN3O2. The fourth-order valence-corrected chi connectivity index (χ4v) is 2.82. The molecule has 0 radical (unpaired) electrons. The Hall–Kier alpha value is -2.18. The molecule has 1 heterocycles. The van der Waals surface area contributed by atoms with Gasteiger partial charge in [0.1, 0.15) is 5.82 Å². The van der Waals surface area contributed by atoms with Gasteiger partial charge in [0.15, 0.2) is 0 Å². The van der Waals surface area contributed by atoms with Crippen LogP contribution in [0.25, 0.3) is 11.0 Å². The number of carbonyl (C=O) groups excluding carboxylic acids is 1. The molecule has 5 nitrogen and oxygen atoms in total. The summed E-state index contributed by atoms with van der Waals surface area (Å²) in [7, 11) is 1.67. The van der Waals surface area contributed by atoms with Crippen molar-refractivity contribution < 1.29 is 9.53 Å². The zero-order valence-electron chi connectivity index (χ0n) is 13.3. The van der Waals surface area contributed by atoms with Crippen LogP contribution in [0.5, 0.6) is 0 Å². The maximum absolute atomic E-state index is 12.3. The number of ether oxygens (including phenoxy) is 1. The Bertz CT molecular complexity index is 843. The van der Waals surface area contributed by atoms with Crippen LogP contribution in [0.2, 0.25) is 0 Å². The molecule has 0 aliphatic heterocycles. The average molecular weight is 388 g/mol. The minimum absolute atomic E-state index is 0.118. The summed E-state index contributed by atoms with van der Waals surface area (Å²) < 4.78 is 8.21. The second-order valence-electron chi connectivity index (χ2n) is 5.35. The largest absolute Gasteiger partial charge is 0.383 e. The number of rotatable bonds is 6. The topological polar surface area (TPSA) is 56.1 Å². The van der Waals surface area contributed by atoms with Gasteiger partial charge in [0.05, 0.1) is 24.2 Å². The fourth-order valence-electron chi connectivity index (χ4n) is 2.56. The number of amides is 1. The second-order valence-corrected chi connectivity index (χ2v) is 6.27. The third kappa shape index (κ3) is 3.66. The molecular weight excluding hydrogens is 370 g/mol. The number of nitrogens with one attached hydrogen (secondary N) is 1. The molecule has 0 aliphatic rings. The molecule has 3 rings (SSSR count). The number of aromatic nitrogens is 2. The first-order valence-corrected chi connectivity index (χ1v) is 8.45. The van der Waals surface area contributed by atoms with Gasteiger partial charge in [-0.05, 0) is 36.4 Å². The van der Waals surface area contributed by atoms with Gasteiger partial charge < -0.3 is 14.6 Å². The molecule has 0 saturated carbocycles. The van der Waals surface area contributed by atoms with Crippen LogP contribution in [0.1, 0.15) is 16.2 Å². The van der Waals surface area contributed by atoms with Crippen molar-refractivity contribution in [1.82, 2.24) is 14.9 Å². The smallest absolute Gasteiger partial charge is 0.251 e. The number of benzene rings is 2. The van der Waals surface area contributed by atoms with Crippen LogP contribution >= 0.6 is 15.9 Å². The Morgan fingerprint density at radius 3 is 2.71 bits per heavy atom. The zero-order valence-corrected chi connectivity index (χ0v) is 14.9. The molecule has 124 valence electrons. The summed E-state index contributed by atoms with van der Waals surface area (Å²) in [6, 6.07) is 15.2. The van der Waals surface area contributed by atoms with Crippen LogP contribution in [0.15, 0.2) is 53.0 Å². The van der Waals surface area contributed by atoms with E-state index in [9.17, 15) is 4.79 Å². The van der Waals surface area contributed by atoms with Gasteiger partial charge in [-0.3, -0.25) is 4.79 Å². The van der Waals surface area contributed by atoms with Crippen molar-refractivity contribution in [3.05, 3.63) is 64.4 Å². The third-order valence-corrected chi connectivity index (χ3v) is 4.29. The molecule has 6 heteroatoms. The van der Waals surface area contributed by atoms with Crippen LogP contribution in [0.3, 0.4) is 0 Å². The van der Waals surface area contributed by atoms with E-state index >= 15 is 0 Å². The summed E-state index contributed by atoms with van der Waals surface area (Å²) in [5, 5.41) is 2.93. The molecule has 0 unspecified atom stereocenters. The van der Waals surface area contributed by atoms with Crippen molar-refractivity contribution in [2.24, 2.45) is 0 Å². The molecule has 1 aromatic heterocycles. The molecule has 24 heavy (non-hydrogen) atoms. The predicted octanol–water partition coefficient (Wildman–Crippen LogP) is 3.38. The molecule has 0 spiro atoms. The minimum atomic E-state index is -0.118. The van der Waals surface area contributed by atoms with Crippen LogP contribution in [-0.2, 0) is 17.8 Å². The van der Waals surface area contributed by atoms with Gasteiger partial charge in [-0.25, -0.2) is 4.98 Å². The van der Waals surface area contributed by atoms with Crippen molar-refractivity contribution in [3.8, 4) is 0 Å². The summed E-state index contributed by atoms with van der Waals surface area (Å²) in [4.78, 5) is 16.9. The summed E-state index contributed by atoms with van der Waals surface area (Å²) in [5.74, 6) is 0.701. The summed E-state index contributed by atoms with van der Waals surface area (Å²) >= 11 is 3.37. The van der Waals surface area contributed by atoms with Gasteiger partial charge in [-0.2, -0.15) is 0 Å². The molecule has 0 atom stereocenters. The van der Waals surface area contributed by atoms with Crippen LogP contribution in [0.4, 0.5) is 0 Å². The Morgan fingerprint density at radius 1 is 1.21 bits per heavy atom. The summed E-state index contributed by atoms with van der Waals surface area (Å²) in [5.41, 5.74) is 2.58. The Balaban J connectivity index is 1.78. The predicted molar refractivity (Wildman–Crippen MR) is 96.9 cm³/mol.